The molecule has 0 unspecified atom stereocenters. The lowest BCUT2D eigenvalue weighted by molar-refractivity contribution is 0.577. The summed E-state index contributed by atoms with van der Waals surface area (Å²) < 4.78 is 29.0. The fourth-order valence-electron chi connectivity index (χ4n) is 2.94. The number of nitrogens with one attached hydrogen (secondary N) is 2. The first-order valence-corrected chi connectivity index (χ1v) is 10.7. The SMILES string of the molecule is Cc1nc(NCCNS(=O)(=O)c2cn(C(C)C)cn2)cc(N2CCCC2)n1. The third-order valence-corrected chi connectivity index (χ3v) is 5.77. The van der Waals surface area contributed by atoms with Gasteiger partial charge in [-0.3, -0.25) is 0 Å². The molecule has 0 aliphatic carbocycles. The Morgan fingerprint density at radius 3 is 2.59 bits per heavy atom. The average molecular weight is 394 g/mol. The van der Waals surface area contributed by atoms with Crippen molar-refractivity contribution in [1.29, 1.82) is 0 Å². The molecule has 1 saturated heterocycles. The van der Waals surface area contributed by atoms with E-state index in [4.69, 9.17) is 0 Å². The molecule has 27 heavy (non-hydrogen) atoms. The molecule has 3 rings (SSSR count). The molecule has 1 fully saturated rings. The zero-order chi connectivity index (χ0) is 19.4. The Kier molecular flexibility index (Phi) is 5.95. The monoisotopic (exact) mass is 393 g/mol. The number of hydrogen-bond donors (Lipinski definition) is 2. The van der Waals surface area contributed by atoms with Crippen molar-refractivity contribution in [3.8, 4) is 0 Å². The van der Waals surface area contributed by atoms with E-state index < -0.39 is 10.0 Å². The highest BCUT2D eigenvalue weighted by Gasteiger charge is 2.18. The molecule has 148 valence electrons. The molecule has 1 aliphatic heterocycles. The van der Waals surface area contributed by atoms with E-state index in [1.807, 2.05) is 26.8 Å². The molecule has 2 aromatic heterocycles. The third-order valence-electron chi connectivity index (χ3n) is 4.43. The first-order chi connectivity index (χ1) is 12.8. The highest BCUT2D eigenvalue weighted by atomic mass is 32.2. The van der Waals surface area contributed by atoms with E-state index in [9.17, 15) is 8.42 Å². The minimum Gasteiger partial charge on any atom is -0.369 e. The van der Waals surface area contributed by atoms with Gasteiger partial charge in [0.25, 0.3) is 10.0 Å². The van der Waals surface area contributed by atoms with E-state index in [0.29, 0.717) is 18.2 Å². The van der Waals surface area contributed by atoms with Gasteiger partial charge in [-0.15, -0.1) is 0 Å². The first kappa shape index (κ1) is 19.6. The fourth-order valence-corrected chi connectivity index (χ4v) is 3.90. The van der Waals surface area contributed by atoms with E-state index in [1.54, 1.807) is 4.57 Å². The summed E-state index contributed by atoms with van der Waals surface area (Å²) in [6, 6.07) is 2.07. The number of anilines is 2. The molecule has 0 saturated carbocycles. The lowest BCUT2D eigenvalue weighted by Gasteiger charge is -2.17. The Morgan fingerprint density at radius 1 is 1.19 bits per heavy atom. The molecule has 2 aromatic rings. The van der Waals surface area contributed by atoms with Gasteiger partial charge >= 0.3 is 0 Å². The summed E-state index contributed by atoms with van der Waals surface area (Å²) in [6.45, 7) is 8.47. The van der Waals surface area contributed by atoms with E-state index in [-0.39, 0.29) is 17.6 Å². The van der Waals surface area contributed by atoms with E-state index in [1.165, 1.54) is 25.4 Å². The molecule has 0 bridgehead atoms. The van der Waals surface area contributed by atoms with Gasteiger partial charge in [-0.1, -0.05) is 0 Å². The van der Waals surface area contributed by atoms with Gasteiger partial charge in [-0.05, 0) is 33.6 Å². The second-order valence-electron chi connectivity index (χ2n) is 6.93. The summed E-state index contributed by atoms with van der Waals surface area (Å²) in [6.07, 6.45) is 5.43. The number of nitrogens with zero attached hydrogens (tertiary/aromatic N) is 5. The van der Waals surface area contributed by atoms with Gasteiger partial charge in [-0.25, -0.2) is 28.1 Å². The zero-order valence-corrected chi connectivity index (χ0v) is 16.8. The normalized spacial score (nSPS) is 14.9. The van der Waals surface area contributed by atoms with Crippen molar-refractivity contribution in [1.82, 2.24) is 24.2 Å². The predicted octanol–water partition coefficient (Wildman–Crippen LogP) is 1.55. The van der Waals surface area contributed by atoms with Crippen LogP contribution >= 0.6 is 0 Å². The summed E-state index contributed by atoms with van der Waals surface area (Å²) in [5, 5.41) is 3.20. The van der Waals surface area contributed by atoms with E-state index in [2.05, 4.69) is 29.9 Å². The Hall–Kier alpha value is -2.20. The van der Waals surface area contributed by atoms with Crippen LogP contribution in [0, 0.1) is 6.92 Å². The van der Waals surface area contributed by atoms with Crippen LogP contribution in [-0.4, -0.2) is 54.1 Å². The molecule has 10 heteroatoms. The number of sulfonamides is 1. The van der Waals surface area contributed by atoms with Gasteiger partial charge in [-0.2, -0.15) is 0 Å². The Balaban J connectivity index is 1.55. The summed E-state index contributed by atoms with van der Waals surface area (Å²) in [7, 11) is -3.62. The number of rotatable bonds is 8. The molecule has 3 heterocycles. The summed E-state index contributed by atoms with van der Waals surface area (Å²) >= 11 is 0. The minimum absolute atomic E-state index is 0.0328. The smallest absolute Gasteiger partial charge is 0.259 e. The maximum atomic E-state index is 12.3. The molecule has 0 aromatic carbocycles. The average Bonchev–Trinajstić information content (AvgIpc) is 3.29. The number of aryl methyl sites for hydroxylation is 1. The quantitative estimate of drug-likeness (QED) is 0.656. The number of imidazole rings is 1. The van der Waals surface area contributed by atoms with Crippen molar-refractivity contribution >= 4 is 21.7 Å². The molecule has 0 atom stereocenters. The lowest BCUT2D eigenvalue weighted by atomic mass is 10.4. The second kappa shape index (κ2) is 8.22. The first-order valence-electron chi connectivity index (χ1n) is 9.23. The molecular formula is C17H27N7O2S. The molecule has 2 N–H and O–H groups in total. The van der Waals surface area contributed by atoms with Gasteiger partial charge in [0.15, 0.2) is 5.03 Å². The van der Waals surface area contributed by atoms with Gasteiger partial charge in [0, 0.05) is 44.5 Å². The highest BCUT2D eigenvalue weighted by molar-refractivity contribution is 7.89. The highest BCUT2D eigenvalue weighted by Crippen LogP contribution is 2.20. The standard InChI is InChI=1S/C17H27N7O2S/c1-13(2)24-11-17(19-12-24)27(25,26)20-7-6-18-15-10-16(22-14(3)21-15)23-8-4-5-9-23/h10-13,20H,4-9H2,1-3H3,(H,18,21,22). The van der Waals surface area contributed by atoms with Crippen LogP contribution in [0.25, 0.3) is 0 Å². The molecular weight excluding hydrogens is 366 g/mol. The third kappa shape index (κ3) is 4.95. The maximum absolute atomic E-state index is 12.3. The van der Waals surface area contributed by atoms with Crippen molar-refractivity contribution in [2.75, 3.05) is 36.4 Å². The van der Waals surface area contributed by atoms with Crippen LogP contribution in [0.2, 0.25) is 0 Å². The van der Waals surface area contributed by atoms with Crippen LogP contribution in [0.5, 0.6) is 0 Å². The Labute approximate surface area is 160 Å². The van der Waals surface area contributed by atoms with Crippen molar-refractivity contribution in [2.45, 2.75) is 44.7 Å². The molecule has 0 radical (unpaired) electrons. The van der Waals surface area contributed by atoms with Crippen molar-refractivity contribution in [3.63, 3.8) is 0 Å². The van der Waals surface area contributed by atoms with Gasteiger partial charge in [0.2, 0.25) is 0 Å². The van der Waals surface area contributed by atoms with Crippen molar-refractivity contribution in [2.24, 2.45) is 0 Å². The Morgan fingerprint density at radius 2 is 1.93 bits per heavy atom. The van der Waals surface area contributed by atoms with Gasteiger partial charge in [0.05, 0.1) is 6.33 Å². The van der Waals surface area contributed by atoms with Crippen LogP contribution in [0.1, 0.15) is 38.6 Å². The van der Waals surface area contributed by atoms with Crippen molar-refractivity contribution < 1.29 is 8.42 Å². The van der Waals surface area contributed by atoms with Crippen LogP contribution in [0.15, 0.2) is 23.6 Å². The lowest BCUT2D eigenvalue weighted by Crippen LogP contribution is -2.29. The molecule has 9 nitrogen and oxygen atoms in total. The molecule has 0 amide bonds. The predicted molar refractivity (Wildman–Crippen MR) is 105 cm³/mol. The Bertz CT molecular complexity index is 873. The number of aromatic nitrogens is 4. The van der Waals surface area contributed by atoms with Gasteiger partial charge in [0.1, 0.15) is 17.5 Å². The summed E-state index contributed by atoms with van der Waals surface area (Å²) in [5.41, 5.74) is 0. The fraction of sp³-hybridized carbons (Fsp3) is 0.588. The second-order valence-corrected chi connectivity index (χ2v) is 8.64. The molecule has 1 aliphatic rings. The molecule has 0 spiro atoms. The van der Waals surface area contributed by atoms with E-state index in [0.717, 1.165) is 18.9 Å². The number of hydrogen-bond acceptors (Lipinski definition) is 7. The summed E-state index contributed by atoms with van der Waals surface area (Å²) in [4.78, 5) is 15.1. The van der Waals surface area contributed by atoms with Crippen LogP contribution in [0.3, 0.4) is 0 Å². The van der Waals surface area contributed by atoms with Crippen molar-refractivity contribution in [3.05, 3.63) is 24.4 Å². The minimum atomic E-state index is -3.62. The zero-order valence-electron chi connectivity index (χ0n) is 16.0. The van der Waals surface area contributed by atoms with E-state index >= 15 is 0 Å². The van der Waals surface area contributed by atoms with Gasteiger partial charge < -0.3 is 14.8 Å². The van der Waals surface area contributed by atoms with Crippen LogP contribution in [0.4, 0.5) is 11.6 Å². The van der Waals surface area contributed by atoms with Crippen LogP contribution in [-0.2, 0) is 10.0 Å². The topological polar surface area (TPSA) is 105 Å². The summed E-state index contributed by atoms with van der Waals surface area (Å²) in [5.74, 6) is 2.32. The largest absolute Gasteiger partial charge is 0.369 e. The van der Waals surface area contributed by atoms with Crippen LogP contribution < -0.4 is 14.9 Å². The maximum Gasteiger partial charge on any atom is 0.259 e.